The summed E-state index contributed by atoms with van der Waals surface area (Å²) in [4.78, 5) is 10.7. The third kappa shape index (κ3) is 2.58. The lowest BCUT2D eigenvalue weighted by molar-refractivity contribution is 0.0529. The molecule has 82 valence electrons. The number of nitrogens with zero attached hydrogens (tertiary/aromatic N) is 3. The second-order valence-corrected chi connectivity index (χ2v) is 3.89. The van der Waals surface area contributed by atoms with Gasteiger partial charge in [-0.25, -0.2) is 4.98 Å². The van der Waals surface area contributed by atoms with Crippen LogP contribution in [0.4, 0.5) is 5.82 Å². The van der Waals surface area contributed by atoms with Crippen molar-refractivity contribution in [2.75, 3.05) is 24.6 Å². The van der Waals surface area contributed by atoms with Crippen LogP contribution in [0.1, 0.15) is 12.6 Å². The Hall–Kier alpha value is -0.870. The van der Waals surface area contributed by atoms with Crippen LogP contribution in [0.25, 0.3) is 0 Å². The first kappa shape index (κ1) is 10.6. The Morgan fingerprint density at radius 2 is 2.40 bits per heavy atom. The number of hydrogen-bond acceptors (Lipinski definition) is 4. The first-order valence-corrected chi connectivity index (χ1v) is 5.56. The number of morpholine rings is 1. The van der Waals surface area contributed by atoms with Crippen LogP contribution in [-0.4, -0.2) is 35.8 Å². The maximum atomic E-state index is 5.65. The van der Waals surface area contributed by atoms with E-state index in [1.165, 1.54) is 0 Å². The zero-order valence-corrected chi connectivity index (χ0v) is 9.44. The lowest BCUT2D eigenvalue weighted by Gasteiger charge is -2.31. The van der Waals surface area contributed by atoms with Gasteiger partial charge in [-0.2, -0.15) is 0 Å². The molecule has 15 heavy (non-hydrogen) atoms. The monoisotopic (exact) mass is 227 g/mol. The lowest BCUT2D eigenvalue weighted by atomic mass is 10.3. The summed E-state index contributed by atoms with van der Waals surface area (Å²) in [6.07, 6.45) is 3.76. The molecule has 0 saturated carbocycles. The number of alkyl halides is 1. The van der Waals surface area contributed by atoms with E-state index in [-0.39, 0.29) is 6.10 Å². The SMILES string of the molecule is CC1CN(c2cnc(CCl)cn2)CCO1. The summed E-state index contributed by atoms with van der Waals surface area (Å²) in [6.45, 7) is 4.56. The van der Waals surface area contributed by atoms with Crippen molar-refractivity contribution in [2.45, 2.75) is 18.9 Å². The predicted molar refractivity (Wildman–Crippen MR) is 59.2 cm³/mol. The van der Waals surface area contributed by atoms with Gasteiger partial charge in [0.25, 0.3) is 0 Å². The number of halogens is 1. The molecule has 1 aliphatic heterocycles. The van der Waals surface area contributed by atoms with Crippen LogP contribution in [0.2, 0.25) is 0 Å². The molecule has 0 bridgehead atoms. The van der Waals surface area contributed by atoms with E-state index in [0.29, 0.717) is 5.88 Å². The lowest BCUT2D eigenvalue weighted by Crippen LogP contribution is -2.41. The first-order valence-electron chi connectivity index (χ1n) is 5.03. The average molecular weight is 228 g/mol. The van der Waals surface area contributed by atoms with Crippen molar-refractivity contribution in [1.82, 2.24) is 9.97 Å². The summed E-state index contributed by atoms with van der Waals surface area (Å²) >= 11 is 5.65. The van der Waals surface area contributed by atoms with Gasteiger partial charge in [-0.1, -0.05) is 0 Å². The van der Waals surface area contributed by atoms with Gasteiger partial charge in [0, 0.05) is 13.1 Å². The number of hydrogen-bond donors (Lipinski definition) is 0. The summed E-state index contributed by atoms with van der Waals surface area (Å²) in [5, 5.41) is 0. The largest absolute Gasteiger partial charge is 0.375 e. The van der Waals surface area contributed by atoms with Crippen LogP contribution < -0.4 is 4.90 Å². The smallest absolute Gasteiger partial charge is 0.147 e. The molecule has 2 heterocycles. The minimum absolute atomic E-state index is 0.258. The highest BCUT2D eigenvalue weighted by molar-refractivity contribution is 6.16. The molecule has 0 amide bonds. The minimum atomic E-state index is 0.258. The second kappa shape index (κ2) is 4.77. The van der Waals surface area contributed by atoms with E-state index in [0.717, 1.165) is 31.2 Å². The molecule has 5 heteroatoms. The molecule has 1 aliphatic rings. The Balaban J connectivity index is 2.07. The molecule has 0 aliphatic carbocycles. The fourth-order valence-corrected chi connectivity index (χ4v) is 1.74. The van der Waals surface area contributed by atoms with Gasteiger partial charge >= 0.3 is 0 Å². The Bertz CT molecular complexity index is 317. The molecule has 1 saturated heterocycles. The second-order valence-electron chi connectivity index (χ2n) is 3.63. The van der Waals surface area contributed by atoms with Gasteiger partial charge in [-0.05, 0) is 6.92 Å². The number of ether oxygens (including phenoxy) is 1. The van der Waals surface area contributed by atoms with Crippen molar-refractivity contribution in [3.05, 3.63) is 18.1 Å². The van der Waals surface area contributed by atoms with E-state index in [9.17, 15) is 0 Å². The van der Waals surface area contributed by atoms with Crippen molar-refractivity contribution >= 4 is 17.4 Å². The number of rotatable bonds is 2. The average Bonchev–Trinajstić information content (AvgIpc) is 2.29. The van der Waals surface area contributed by atoms with Gasteiger partial charge in [0.05, 0.1) is 36.7 Å². The standard InChI is InChI=1S/C10H14ClN3O/c1-8-7-14(2-3-15-8)10-6-12-9(4-11)5-13-10/h5-6,8H,2-4,7H2,1H3. The summed E-state index contributed by atoms with van der Waals surface area (Å²) < 4.78 is 5.46. The van der Waals surface area contributed by atoms with Crippen molar-refractivity contribution in [3.63, 3.8) is 0 Å². The van der Waals surface area contributed by atoms with E-state index < -0.39 is 0 Å². The maximum Gasteiger partial charge on any atom is 0.147 e. The van der Waals surface area contributed by atoms with Gasteiger partial charge in [-0.3, -0.25) is 4.98 Å². The van der Waals surface area contributed by atoms with E-state index in [4.69, 9.17) is 16.3 Å². The molecule has 2 rings (SSSR count). The summed E-state index contributed by atoms with van der Waals surface area (Å²) in [5.74, 6) is 1.31. The Morgan fingerprint density at radius 3 is 3.00 bits per heavy atom. The van der Waals surface area contributed by atoms with Gasteiger partial charge in [0.15, 0.2) is 0 Å². The Kier molecular flexibility index (Phi) is 3.38. The molecule has 1 unspecified atom stereocenters. The minimum Gasteiger partial charge on any atom is -0.375 e. The Labute approximate surface area is 94.2 Å². The third-order valence-electron chi connectivity index (χ3n) is 2.39. The first-order chi connectivity index (χ1) is 7.29. The fraction of sp³-hybridized carbons (Fsp3) is 0.600. The molecule has 0 radical (unpaired) electrons. The zero-order valence-electron chi connectivity index (χ0n) is 8.69. The molecule has 0 spiro atoms. The molecule has 1 fully saturated rings. The van der Waals surface area contributed by atoms with E-state index in [1.807, 2.05) is 0 Å². The number of anilines is 1. The van der Waals surface area contributed by atoms with Crippen molar-refractivity contribution in [1.29, 1.82) is 0 Å². The van der Waals surface area contributed by atoms with Crippen LogP contribution in [0, 0.1) is 0 Å². The molecule has 0 aromatic carbocycles. The molecular weight excluding hydrogens is 214 g/mol. The number of aromatic nitrogens is 2. The quantitative estimate of drug-likeness (QED) is 0.717. The fourth-order valence-electron chi connectivity index (χ4n) is 1.61. The predicted octanol–water partition coefficient (Wildman–Crippen LogP) is 1.44. The summed E-state index contributed by atoms with van der Waals surface area (Å²) in [7, 11) is 0. The normalized spacial score (nSPS) is 21.7. The highest BCUT2D eigenvalue weighted by Gasteiger charge is 2.17. The van der Waals surface area contributed by atoms with Crippen molar-refractivity contribution in [3.8, 4) is 0 Å². The molecule has 1 aromatic heterocycles. The van der Waals surface area contributed by atoms with E-state index >= 15 is 0 Å². The van der Waals surface area contributed by atoms with Gasteiger partial charge in [0.1, 0.15) is 5.82 Å². The van der Waals surface area contributed by atoms with Crippen LogP contribution in [0.5, 0.6) is 0 Å². The van der Waals surface area contributed by atoms with Gasteiger partial charge < -0.3 is 9.64 Å². The van der Waals surface area contributed by atoms with Crippen LogP contribution in [0.3, 0.4) is 0 Å². The molecule has 1 aromatic rings. The molecule has 0 N–H and O–H groups in total. The summed E-state index contributed by atoms with van der Waals surface area (Å²) in [5.41, 5.74) is 0.807. The molecular formula is C10H14ClN3O. The third-order valence-corrected chi connectivity index (χ3v) is 2.67. The van der Waals surface area contributed by atoms with Crippen LogP contribution in [0.15, 0.2) is 12.4 Å². The highest BCUT2D eigenvalue weighted by atomic mass is 35.5. The molecule has 4 nitrogen and oxygen atoms in total. The molecule has 1 atom stereocenters. The summed E-state index contributed by atoms with van der Waals surface area (Å²) in [6, 6.07) is 0. The highest BCUT2D eigenvalue weighted by Crippen LogP contribution is 2.14. The van der Waals surface area contributed by atoms with E-state index in [2.05, 4.69) is 21.8 Å². The van der Waals surface area contributed by atoms with Crippen LogP contribution >= 0.6 is 11.6 Å². The van der Waals surface area contributed by atoms with Crippen LogP contribution in [-0.2, 0) is 10.6 Å². The maximum absolute atomic E-state index is 5.65. The van der Waals surface area contributed by atoms with Crippen molar-refractivity contribution in [2.24, 2.45) is 0 Å². The van der Waals surface area contributed by atoms with Crippen molar-refractivity contribution < 1.29 is 4.74 Å². The van der Waals surface area contributed by atoms with Gasteiger partial charge in [-0.15, -0.1) is 11.6 Å². The zero-order chi connectivity index (χ0) is 10.7. The van der Waals surface area contributed by atoms with E-state index in [1.54, 1.807) is 12.4 Å². The van der Waals surface area contributed by atoms with Gasteiger partial charge in [0.2, 0.25) is 0 Å². The topological polar surface area (TPSA) is 38.2 Å². The Morgan fingerprint density at radius 1 is 1.53 bits per heavy atom.